The largest absolute Gasteiger partial charge is 0.481 e. The molecule has 15 heteroatoms. The van der Waals surface area contributed by atoms with Crippen LogP contribution in [0, 0.1) is 0 Å². The lowest BCUT2D eigenvalue weighted by molar-refractivity contribution is -0.143. The molecule has 0 saturated carbocycles. The summed E-state index contributed by atoms with van der Waals surface area (Å²) in [5, 5.41) is 35.4. The molecule has 0 aliphatic heterocycles. The SMILES string of the molecule is NC(=O)CC(N)C(=O)NC(CO)C(=O)NC(Cc1c[nH]c2ccccc12)C(=O)NC(CCC(=O)O)C(=O)O. The third-order valence-electron chi connectivity index (χ3n) is 5.57. The highest BCUT2D eigenvalue weighted by Gasteiger charge is 2.31. The fourth-order valence-corrected chi connectivity index (χ4v) is 3.58. The number of H-pyrrole nitrogens is 1. The minimum Gasteiger partial charge on any atom is -0.481 e. The van der Waals surface area contributed by atoms with Gasteiger partial charge in [-0.05, 0) is 18.1 Å². The first kappa shape index (κ1) is 29.7. The average Bonchev–Trinajstić information content (AvgIpc) is 3.26. The molecule has 0 fully saturated rings. The molecule has 1 aromatic carbocycles. The number of aliphatic carboxylic acids is 2. The number of rotatable bonds is 15. The van der Waals surface area contributed by atoms with Gasteiger partial charge in [0.05, 0.1) is 19.1 Å². The molecule has 0 radical (unpaired) electrons. The number of nitrogens with two attached hydrogens (primary N) is 2. The molecule has 1 heterocycles. The van der Waals surface area contributed by atoms with Gasteiger partial charge in [-0.2, -0.15) is 0 Å². The van der Waals surface area contributed by atoms with E-state index in [1.807, 2.05) is 0 Å². The number of benzene rings is 1. The van der Waals surface area contributed by atoms with Crippen LogP contribution < -0.4 is 27.4 Å². The highest BCUT2D eigenvalue weighted by Crippen LogP contribution is 2.19. The van der Waals surface area contributed by atoms with E-state index in [0.717, 1.165) is 10.9 Å². The first-order valence-corrected chi connectivity index (χ1v) is 11.5. The summed E-state index contributed by atoms with van der Waals surface area (Å²) in [7, 11) is 0. The maximum Gasteiger partial charge on any atom is 0.326 e. The molecule has 0 bridgehead atoms. The Kier molecular flexibility index (Phi) is 10.7. The molecule has 2 aromatic rings. The molecule has 4 atom stereocenters. The highest BCUT2D eigenvalue weighted by atomic mass is 16.4. The average molecular weight is 535 g/mol. The third kappa shape index (κ3) is 8.56. The molecule has 0 aliphatic carbocycles. The fraction of sp³-hybridized carbons (Fsp3) is 0.391. The number of hydrogen-bond acceptors (Lipinski definition) is 8. The number of nitrogens with one attached hydrogen (secondary N) is 4. The summed E-state index contributed by atoms with van der Waals surface area (Å²) in [4.78, 5) is 74.6. The van der Waals surface area contributed by atoms with E-state index >= 15 is 0 Å². The van der Waals surface area contributed by atoms with Crippen LogP contribution >= 0.6 is 0 Å². The van der Waals surface area contributed by atoms with Gasteiger partial charge in [0.15, 0.2) is 0 Å². The number of aliphatic hydroxyl groups is 1. The first-order chi connectivity index (χ1) is 17.9. The van der Waals surface area contributed by atoms with Crippen LogP contribution in [-0.2, 0) is 35.2 Å². The van der Waals surface area contributed by atoms with Gasteiger partial charge in [-0.1, -0.05) is 18.2 Å². The van der Waals surface area contributed by atoms with Gasteiger partial charge in [0.2, 0.25) is 23.6 Å². The van der Waals surface area contributed by atoms with Gasteiger partial charge in [-0.25, -0.2) is 4.79 Å². The smallest absolute Gasteiger partial charge is 0.326 e. The zero-order valence-electron chi connectivity index (χ0n) is 20.2. The van der Waals surface area contributed by atoms with Gasteiger partial charge < -0.3 is 47.7 Å². The van der Waals surface area contributed by atoms with Crippen molar-refractivity contribution < 1.29 is 44.1 Å². The molecule has 4 unspecified atom stereocenters. The van der Waals surface area contributed by atoms with Crippen molar-refractivity contribution in [2.24, 2.45) is 11.5 Å². The van der Waals surface area contributed by atoms with E-state index in [0.29, 0.717) is 5.56 Å². The quantitative estimate of drug-likeness (QED) is 0.114. The second-order valence-corrected chi connectivity index (χ2v) is 8.48. The van der Waals surface area contributed by atoms with Crippen LogP contribution in [0.5, 0.6) is 0 Å². The predicted octanol–water partition coefficient (Wildman–Crippen LogP) is -2.69. The van der Waals surface area contributed by atoms with E-state index in [4.69, 9.17) is 16.6 Å². The number of carbonyl (C=O) groups is 6. The first-order valence-electron chi connectivity index (χ1n) is 11.5. The van der Waals surface area contributed by atoms with Crippen molar-refractivity contribution in [3.8, 4) is 0 Å². The fourth-order valence-electron chi connectivity index (χ4n) is 3.58. The van der Waals surface area contributed by atoms with E-state index in [1.165, 1.54) is 0 Å². The standard InChI is InChI=1S/C23H30N6O9/c24-13(8-18(25)31)20(34)29-17(10-30)22(36)28-16(7-11-9-26-14-4-2-1-3-12(11)14)21(35)27-15(23(37)38)5-6-19(32)33/h1-4,9,13,15-17,26,30H,5-8,10,24H2,(H2,25,31)(H,27,35)(H,28,36)(H,29,34)(H,32,33)(H,37,38). The van der Waals surface area contributed by atoms with E-state index in [-0.39, 0.29) is 6.42 Å². The molecule has 206 valence electrons. The minimum atomic E-state index is -1.57. The van der Waals surface area contributed by atoms with Crippen LogP contribution in [0.2, 0.25) is 0 Å². The summed E-state index contributed by atoms with van der Waals surface area (Å²) < 4.78 is 0. The van der Waals surface area contributed by atoms with Gasteiger partial charge in [0.1, 0.15) is 18.1 Å². The van der Waals surface area contributed by atoms with Crippen LogP contribution in [0.4, 0.5) is 0 Å². The van der Waals surface area contributed by atoms with Crippen LogP contribution in [0.3, 0.4) is 0 Å². The van der Waals surface area contributed by atoms with Crippen molar-refractivity contribution in [1.29, 1.82) is 0 Å². The van der Waals surface area contributed by atoms with Gasteiger partial charge in [-0.3, -0.25) is 24.0 Å². The second kappa shape index (κ2) is 13.7. The Balaban J connectivity index is 2.26. The lowest BCUT2D eigenvalue weighted by Crippen LogP contribution is -2.58. The molecule has 0 aliphatic rings. The molecule has 0 spiro atoms. The highest BCUT2D eigenvalue weighted by molar-refractivity contribution is 5.95. The molecule has 15 nitrogen and oxygen atoms in total. The summed E-state index contributed by atoms with van der Waals surface area (Å²) in [6, 6.07) is 1.19. The minimum absolute atomic E-state index is 0.125. The summed E-state index contributed by atoms with van der Waals surface area (Å²) >= 11 is 0. The van der Waals surface area contributed by atoms with Crippen molar-refractivity contribution >= 4 is 46.5 Å². The number of primary amides is 1. The Morgan fingerprint density at radius 1 is 0.895 bits per heavy atom. The second-order valence-electron chi connectivity index (χ2n) is 8.48. The van der Waals surface area contributed by atoms with E-state index in [1.54, 1.807) is 30.5 Å². The molecule has 4 amide bonds. The van der Waals surface area contributed by atoms with Crippen LogP contribution in [-0.4, -0.2) is 86.6 Å². The predicted molar refractivity (Wildman–Crippen MR) is 131 cm³/mol. The number of carbonyl (C=O) groups excluding carboxylic acids is 4. The Hall–Kier alpha value is -4.50. The number of para-hydroxylation sites is 1. The Labute approximate surface area is 215 Å². The number of hydrogen-bond donors (Lipinski definition) is 9. The lowest BCUT2D eigenvalue weighted by atomic mass is 10.0. The van der Waals surface area contributed by atoms with Gasteiger partial charge in [0.25, 0.3) is 0 Å². The molecule has 11 N–H and O–H groups in total. The van der Waals surface area contributed by atoms with Crippen LogP contribution in [0.15, 0.2) is 30.5 Å². The summed E-state index contributed by atoms with van der Waals surface area (Å²) in [6.07, 6.45) is 0.0345. The lowest BCUT2D eigenvalue weighted by Gasteiger charge is -2.24. The van der Waals surface area contributed by atoms with E-state index in [9.17, 15) is 39.0 Å². The van der Waals surface area contributed by atoms with Crippen molar-refractivity contribution in [2.45, 2.75) is 49.9 Å². The monoisotopic (exact) mass is 534 g/mol. The number of carboxylic acids is 2. The van der Waals surface area contributed by atoms with E-state index < -0.39 is 85.6 Å². The normalized spacial score (nSPS) is 14.1. The molecular weight excluding hydrogens is 504 g/mol. The van der Waals surface area contributed by atoms with E-state index in [2.05, 4.69) is 20.9 Å². The number of amides is 4. The maximum absolute atomic E-state index is 13.1. The number of aliphatic hydroxyl groups excluding tert-OH is 1. The molecule has 1 aromatic heterocycles. The molecule has 38 heavy (non-hydrogen) atoms. The van der Waals surface area contributed by atoms with Crippen molar-refractivity contribution in [3.05, 3.63) is 36.0 Å². The number of aromatic amines is 1. The van der Waals surface area contributed by atoms with Gasteiger partial charge >= 0.3 is 11.9 Å². The Morgan fingerprint density at radius 3 is 2.11 bits per heavy atom. The maximum atomic E-state index is 13.1. The third-order valence-corrected chi connectivity index (χ3v) is 5.57. The van der Waals surface area contributed by atoms with Gasteiger partial charge in [0, 0.05) is 29.9 Å². The number of aromatic nitrogens is 1. The summed E-state index contributed by atoms with van der Waals surface area (Å²) in [5.74, 6) is -6.47. The number of carboxylic acid groups (broad SMARTS) is 2. The molecule has 2 rings (SSSR count). The van der Waals surface area contributed by atoms with Crippen molar-refractivity contribution in [2.75, 3.05) is 6.61 Å². The summed E-state index contributed by atoms with van der Waals surface area (Å²) in [5.41, 5.74) is 11.9. The molecule has 0 saturated heterocycles. The molecular formula is C23H30N6O9. The zero-order valence-corrected chi connectivity index (χ0v) is 20.2. The number of fused-ring (bicyclic) bond motifs is 1. The van der Waals surface area contributed by atoms with Crippen LogP contribution in [0.25, 0.3) is 10.9 Å². The van der Waals surface area contributed by atoms with Gasteiger partial charge in [-0.15, -0.1) is 0 Å². The Bertz CT molecular complexity index is 1200. The summed E-state index contributed by atoms with van der Waals surface area (Å²) in [6.45, 7) is -0.890. The van der Waals surface area contributed by atoms with Crippen molar-refractivity contribution in [1.82, 2.24) is 20.9 Å². The zero-order chi connectivity index (χ0) is 28.4. The Morgan fingerprint density at radius 2 is 1.50 bits per heavy atom. The topological polar surface area (TPSA) is 267 Å². The van der Waals surface area contributed by atoms with Crippen molar-refractivity contribution in [3.63, 3.8) is 0 Å². The van der Waals surface area contributed by atoms with Crippen LogP contribution in [0.1, 0.15) is 24.8 Å².